The predicted octanol–water partition coefficient (Wildman–Crippen LogP) is 5.05. The average molecular weight is 336 g/mol. The Labute approximate surface area is 137 Å². The van der Waals surface area contributed by atoms with Gasteiger partial charge in [-0.2, -0.15) is 13.2 Å². The first-order valence-electron chi connectivity index (χ1n) is 7.08. The Kier molecular flexibility index (Phi) is 4.52. The largest absolute Gasteiger partial charge is 0.446 e. The van der Waals surface area contributed by atoms with E-state index in [1.807, 2.05) is 35.5 Å². The number of hydrogen-bond donors (Lipinski definition) is 0. The first-order chi connectivity index (χ1) is 11.0. The monoisotopic (exact) mass is 336 g/mol. The summed E-state index contributed by atoms with van der Waals surface area (Å²) in [6, 6.07) is 16.6. The van der Waals surface area contributed by atoms with E-state index >= 15 is 0 Å². The van der Waals surface area contributed by atoms with Gasteiger partial charge in [-0.3, -0.25) is 0 Å². The lowest BCUT2D eigenvalue weighted by Crippen LogP contribution is -2.24. The van der Waals surface area contributed by atoms with Crippen LogP contribution in [0.25, 0.3) is 0 Å². The minimum absolute atomic E-state index is 0.0926. The van der Waals surface area contributed by atoms with Crippen LogP contribution in [0.2, 0.25) is 0 Å². The first kappa shape index (κ1) is 15.8. The van der Waals surface area contributed by atoms with Crippen molar-refractivity contribution in [3.05, 3.63) is 72.6 Å². The third-order valence-corrected chi connectivity index (χ3v) is 4.16. The van der Waals surface area contributed by atoms with Crippen molar-refractivity contribution in [2.45, 2.75) is 16.9 Å². The van der Waals surface area contributed by atoms with Gasteiger partial charge >= 0.3 is 5.51 Å². The maximum absolute atomic E-state index is 12.3. The second kappa shape index (κ2) is 6.58. The molecule has 0 atom stereocenters. The lowest BCUT2D eigenvalue weighted by molar-refractivity contribution is -0.0328. The number of nitrogens with zero attached hydrogens (tertiary/aromatic N) is 2. The molecule has 2 nitrogen and oxygen atoms in total. The number of hydrogen-bond acceptors (Lipinski definition) is 3. The number of thioether (sulfide) groups is 1. The Bertz CT molecular complexity index is 668. The predicted molar refractivity (Wildman–Crippen MR) is 86.8 cm³/mol. The van der Waals surface area contributed by atoms with Gasteiger partial charge in [-0.05, 0) is 41.6 Å². The molecule has 6 heteroatoms. The Morgan fingerprint density at radius 2 is 1.61 bits per heavy atom. The minimum Gasteiger partial charge on any atom is -0.354 e. The van der Waals surface area contributed by atoms with Crippen molar-refractivity contribution in [2.75, 3.05) is 11.6 Å². The molecule has 1 aliphatic heterocycles. The fourth-order valence-corrected chi connectivity index (χ4v) is 2.93. The fourth-order valence-electron chi connectivity index (χ4n) is 2.39. The Morgan fingerprint density at radius 3 is 2.26 bits per heavy atom. The van der Waals surface area contributed by atoms with Gasteiger partial charge in [-0.1, -0.05) is 30.3 Å². The SMILES string of the molecule is FC(F)(F)Sc1ccc(N2C=CN(Cc3ccccc3)C2)cc1. The molecule has 120 valence electrons. The molecule has 3 rings (SSSR count). The van der Waals surface area contributed by atoms with Crippen LogP contribution in [0.15, 0.2) is 71.9 Å². The van der Waals surface area contributed by atoms with E-state index < -0.39 is 5.51 Å². The van der Waals surface area contributed by atoms with E-state index in [-0.39, 0.29) is 16.7 Å². The van der Waals surface area contributed by atoms with Crippen LogP contribution in [0.5, 0.6) is 0 Å². The van der Waals surface area contributed by atoms with E-state index in [1.165, 1.54) is 17.7 Å². The third-order valence-electron chi connectivity index (χ3n) is 3.42. The van der Waals surface area contributed by atoms with Crippen molar-refractivity contribution in [3.63, 3.8) is 0 Å². The zero-order valence-electron chi connectivity index (χ0n) is 12.2. The number of anilines is 1. The highest BCUT2D eigenvalue weighted by molar-refractivity contribution is 8.00. The molecule has 1 aliphatic rings. The lowest BCUT2D eigenvalue weighted by Gasteiger charge is -2.21. The summed E-state index contributed by atoms with van der Waals surface area (Å²) in [7, 11) is 0. The maximum Gasteiger partial charge on any atom is 0.446 e. The van der Waals surface area contributed by atoms with E-state index in [9.17, 15) is 13.2 Å². The molecule has 1 heterocycles. The van der Waals surface area contributed by atoms with E-state index in [0.717, 1.165) is 12.2 Å². The standard InChI is InChI=1S/C17H15F3N2S/c18-17(19,20)23-16-8-6-15(7-9-16)22-11-10-21(13-22)12-14-4-2-1-3-5-14/h1-11H,12-13H2. The first-order valence-corrected chi connectivity index (χ1v) is 7.90. The summed E-state index contributed by atoms with van der Waals surface area (Å²) >= 11 is -0.0926. The Balaban J connectivity index is 1.60. The van der Waals surface area contributed by atoms with Crippen LogP contribution in [-0.4, -0.2) is 17.1 Å². The molecule has 2 aromatic carbocycles. The molecule has 0 saturated heterocycles. The summed E-state index contributed by atoms with van der Waals surface area (Å²) in [6.45, 7) is 1.48. The average Bonchev–Trinajstić information content (AvgIpc) is 2.96. The summed E-state index contributed by atoms with van der Waals surface area (Å²) in [5, 5.41) is 0. The van der Waals surface area contributed by atoms with Crippen LogP contribution in [0.3, 0.4) is 0 Å². The van der Waals surface area contributed by atoms with Gasteiger partial charge in [0.25, 0.3) is 0 Å². The molecule has 0 fully saturated rings. The van der Waals surface area contributed by atoms with Crippen LogP contribution in [-0.2, 0) is 6.54 Å². The second-order valence-electron chi connectivity index (χ2n) is 5.18. The maximum atomic E-state index is 12.3. The second-order valence-corrected chi connectivity index (χ2v) is 6.32. The van der Waals surface area contributed by atoms with Gasteiger partial charge in [0, 0.05) is 29.5 Å². The summed E-state index contributed by atoms with van der Waals surface area (Å²) in [6.07, 6.45) is 3.93. The highest BCUT2D eigenvalue weighted by atomic mass is 32.2. The normalized spacial score (nSPS) is 14.6. The Morgan fingerprint density at radius 1 is 0.913 bits per heavy atom. The molecule has 0 aromatic heterocycles. The molecule has 0 saturated carbocycles. The van der Waals surface area contributed by atoms with Crippen LogP contribution in [0.4, 0.5) is 18.9 Å². The molecular weight excluding hydrogens is 321 g/mol. The van der Waals surface area contributed by atoms with Crippen LogP contribution >= 0.6 is 11.8 Å². The van der Waals surface area contributed by atoms with Crippen molar-refractivity contribution in [3.8, 4) is 0 Å². The van der Waals surface area contributed by atoms with E-state index in [1.54, 1.807) is 12.1 Å². The van der Waals surface area contributed by atoms with Crippen LogP contribution in [0, 0.1) is 0 Å². The molecule has 0 amide bonds. The molecular formula is C17H15F3N2S. The van der Waals surface area contributed by atoms with E-state index in [4.69, 9.17) is 0 Å². The molecule has 2 aromatic rings. The van der Waals surface area contributed by atoms with Gasteiger partial charge in [0.1, 0.15) is 0 Å². The minimum atomic E-state index is -4.25. The highest BCUT2D eigenvalue weighted by Gasteiger charge is 2.29. The number of alkyl halides is 3. The summed E-state index contributed by atoms with van der Waals surface area (Å²) < 4.78 is 37.0. The van der Waals surface area contributed by atoms with E-state index in [2.05, 4.69) is 17.0 Å². The topological polar surface area (TPSA) is 6.48 Å². The quantitative estimate of drug-likeness (QED) is 0.722. The molecule has 0 radical (unpaired) electrons. The van der Waals surface area contributed by atoms with Crippen molar-refractivity contribution >= 4 is 17.4 Å². The summed E-state index contributed by atoms with van der Waals surface area (Å²) in [5.74, 6) is 0. The lowest BCUT2D eigenvalue weighted by atomic mass is 10.2. The molecule has 0 unspecified atom stereocenters. The smallest absolute Gasteiger partial charge is 0.354 e. The van der Waals surface area contributed by atoms with Crippen molar-refractivity contribution < 1.29 is 13.2 Å². The highest BCUT2D eigenvalue weighted by Crippen LogP contribution is 2.37. The number of rotatable bonds is 4. The fraction of sp³-hybridized carbons (Fsp3) is 0.176. The summed E-state index contributed by atoms with van der Waals surface area (Å²) in [4.78, 5) is 4.35. The Hall–Kier alpha value is -2.08. The van der Waals surface area contributed by atoms with Crippen LogP contribution < -0.4 is 4.90 Å². The van der Waals surface area contributed by atoms with Gasteiger partial charge < -0.3 is 9.80 Å². The molecule has 0 bridgehead atoms. The van der Waals surface area contributed by atoms with E-state index in [0.29, 0.717) is 6.67 Å². The third kappa shape index (κ3) is 4.45. The van der Waals surface area contributed by atoms with Crippen LogP contribution in [0.1, 0.15) is 5.56 Å². The van der Waals surface area contributed by atoms with Gasteiger partial charge in [0.2, 0.25) is 0 Å². The summed E-state index contributed by atoms with van der Waals surface area (Å²) in [5.41, 5.74) is -2.15. The molecule has 0 N–H and O–H groups in total. The van der Waals surface area contributed by atoms with Gasteiger partial charge in [-0.25, -0.2) is 0 Å². The van der Waals surface area contributed by atoms with Crippen molar-refractivity contribution in [1.82, 2.24) is 4.90 Å². The zero-order chi connectivity index (χ0) is 16.3. The van der Waals surface area contributed by atoms with Crippen molar-refractivity contribution in [1.29, 1.82) is 0 Å². The number of halogens is 3. The van der Waals surface area contributed by atoms with Gasteiger partial charge in [-0.15, -0.1) is 0 Å². The zero-order valence-corrected chi connectivity index (χ0v) is 13.0. The molecule has 23 heavy (non-hydrogen) atoms. The molecule has 0 aliphatic carbocycles. The number of benzene rings is 2. The molecule has 0 spiro atoms. The van der Waals surface area contributed by atoms with Gasteiger partial charge in [0.15, 0.2) is 0 Å². The van der Waals surface area contributed by atoms with Crippen molar-refractivity contribution in [2.24, 2.45) is 0 Å². The van der Waals surface area contributed by atoms with Gasteiger partial charge in [0.05, 0.1) is 6.67 Å².